The van der Waals surface area contributed by atoms with Gasteiger partial charge in [-0.25, -0.2) is 8.42 Å². The lowest BCUT2D eigenvalue weighted by molar-refractivity contribution is -0.122. The molecule has 1 aromatic rings. The minimum Gasteiger partial charge on any atom is -0.351 e. The van der Waals surface area contributed by atoms with Gasteiger partial charge in [0, 0.05) is 19.6 Å². The Balaban J connectivity index is 0.00000576. The molecule has 1 rings (SSSR count). The monoisotopic (exact) mass is 409 g/mol. The van der Waals surface area contributed by atoms with E-state index in [9.17, 15) is 13.2 Å². The van der Waals surface area contributed by atoms with Crippen molar-refractivity contribution >= 4 is 40.1 Å². The van der Waals surface area contributed by atoms with Gasteiger partial charge in [0.15, 0.2) is 0 Å². The standard InChI is InChI=1S/C16H27N3O3S2.ClH/c1-12(2)19(3)24(21,22)14-7-5-13(6-8-14)11-18-16(20)15(17)9-10-23-4;/h5-8,12,15H,9-11,17H2,1-4H3,(H,18,20);1H/t15-;/m0./s1. The number of carbonyl (C=O) groups excluding carboxylic acids is 1. The van der Waals surface area contributed by atoms with Gasteiger partial charge in [-0.2, -0.15) is 16.1 Å². The van der Waals surface area contributed by atoms with E-state index in [0.29, 0.717) is 13.0 Å². The lowest BCUT2D eigenvalue weighted by atomic mass is 10.2. The van der Waals surface area contributed by atoms with Crippen molar-refractivity contribution in [2.24, 2.45) is 5.73 Å². The molecule has 0 aliphatic carbocycles. The molecule has 0 radical (unpaired) electrons. The first-order valence-electron chi connectivity index (χ1n) is 7.79. The van der Waals surface area contributed by atoms with Crippen molar-refractivity contribution in [2.45, 2.75) is 43.8 Å². The van der Waals surface area contributed by atoms with Crippen LogP contribution in [0.5, 0.6) is 0 Å². The molecule has 0 aromatic heterocycles. The number of nitrogens with zero attached hydrogens (tertiary/aromatic N) is 1. The maximum Gasteiger partial charge on any atom is 0.243 e. The highest BCUT2D eigenvalue weighted by Crippen LogP contribution is 2.17. The topological polar surface area (TPSA) is 92.5 Å². The summed E-state index contributed by atoms with van der Waals surface area (Å²) in [4.78, 5) is 12.1. The summed E-state index contributed by atoms with van der Waals surface area (Å²) in [5.74, 6) is 0.644. The molecular weight excluding hydrogens is 382 g/mol. The first-order valence-corrected chi connectivity index (χ1v) is 10.6. The molecule has 25 heavy (non-hydrogen) atoms. The van der Waals surface area contributed by atoms with Gasteiger partial charge >= 0.3 is 0 Å². The molecule has 0 aliphatic rings. The lowest BCUT2D eigenvalue weighted by Gasteiger charge is -2.21. The quantitative estimate of drug-likeness (QED) is 0.649. The summed E-state index contributed by atoms with van der Waals surface area (Å²) in [5.41, 5.74) is 6.63. The summed E-state index contributed by atoms with van der Waals surface area (Å²) in [6.45, 7) is 3.97. The van der Waals surface area contributed by atoms with Gasteiger partial charge < -0.3 is 11.1 Å². The fourth-order valence-electron chi connectivity index (χ4n) is 1.92. The Bertz CT molecular complexity index is 637. The first-order chi connectivity index (χ1) is 11.2. The maximum absolute atomic E-state index is 12.4. The van der Waals surface area contributed by atoms with Crippen LogP contribution in [0.3, 0.4) is 0 Å². The fourth-order valence-corrected chi connectivity index (χ4v) is 3.78. The van der Waals surface area contributed by atoms with Crippen molar-refractivity contribution in [3.63, 3.8) is 0 Å². The van der Waals surface area contributed by atoms with Crippen LogP contribution in [-0.2, 0) is 21.4 Å². The van der Waals surface area contributed by atoms with Crippen LogP contribution in [-0.4, -0.2) is 49.8 Å². The number of carbonyl (C=O) groups is 1. The molecule has 1 aromatic carbocycles. The highest BCUT2D eigenvalue weighted by molar-refractivity contribution is 7.98. The van der Waals surface area contributed by atoms with E-state index in [-0.39, 0.29) is 29.3 Å². The summed E-state index contributed by atoms with van der Waals surface area (Å²) in [5, 5.41) is 2.77. The van der Waals surface area contributed by atoms with Gasteiger partial charge in [0.25, 0.3) is 0 Å². The average molecular weight is 410 g/mol. The summed E-state index contributed by atoms with van der Waals surface area (Å²) >= 11 is 1.65. The molecule has 1 amide bonds. The number of amides is 1. The van der Waals surface area contributed by atoms with Crippen LogP contribution in [0.4, 0.5) is 0 Å². The number of rotatable bonds is 9. The fraction of sp³-hybridized carbons (Fsp3) is 0.562. The number of benzene rings is 1. The molecule has 0 saturated carbocycles. The lowest BCUT2D eigenvalue weighted by Crippen LogP contribution is -2.40. The van der Waals surface area contributed by atoms with E-state index in [0.717, 1.165) is 11.3 Å². The first kappa shape index (κ1) is 24.2. The zero-order valence-electron chi connectivity index (χ0n) is 15.1. The van der Waals surface area contributed by atoms with E-state index in [4.69, 9.17) is 5.73 Å². The molecule has 0 spiro atoms. The van der Waals surface area contributed by atoms with Crippen LogP contribution in [0.1, 0.15) is 25.8 Å². The number of hydrogen-bond donors (Lipinski definition) is 2. The minimum absolute atomic E-state index is 0. The van der Waals surface area contributed by atoms with Crippen LogP contribution in [0.15, 0.2) is 29.2 Å². The summed E-state index contributed by atoms with van der Waals surface area (Å²) in [6, 6.07) is 5.89. The molecule has 0 saturated heterocycles. The maximum atomic E-state index is 12.4. The van der Waals surface area contributed by atoms with Gasteiger partial charge in [-0.05, 0) is 50.0 Å². The van der Waals surface area contributed by atoms with Crippen molar-refractivity contribution in [2.75, 3.05) is 19.1 Å². The predicted octanol–water partition coefficient (Wildman–Crippen LogP) is 1.83. The SMILES string of the molecule is CSCC[C@H](N)C(=O)NCc1ccc(S(=O)(=O)N(C)C(C)C)cc1.Cl. The van der Waals surface area contributed by atoms with Crippen LogP contribution in [0.2, 0.25) is 0 Å². The summed E-state index contributed by atoms with van der Waals surface area (Å²) in [7, 11) is -1.93. The number of hydrogen-bond acceptors (Lipinski definition) is 5. The van der Waals surface area contributed by atoms with E-state index in [1.54, 1.807) is 43.1 Å². The van der Waals surface area contributed by atoms with E-state index in [1.165, 1.54) is 4.31 Å². The molecule has 0 heterocycles. The van der Waals surface area contributed by atoms with Crippen molar-refractivity contribution in [3.8, 4) is 0 Å². The molecule has 0 unspecified atom stereocenters. The number of sulfonamides is 1. The second kappa shape index (κ2) is 11.0. The molecule has 6 nitrogen and oxygen atoms in total. The van der Waals surface area contributed by atoms with E-state index < -0.39 is 16.1 Å². The van der Waals surface area contributed by atoms with Gasteiger partial charge in [0.2, 0.25) is 15.9 Å². The van der Waals surface area contributed by atoms with Gasteiger partial charge in [-0.1, -0.05) is 12.1 Å². The molecule has 0 bridgehead atoms. The number of thioether (sulfide) groups is 1. The van der Waals surface area contributed by atoms with E-state index in [2.05, 4.69) is 5.32 Å². The minimum atomic E-state index is -3.49. The Hall–Kier alpha value is -0.800. The molecule has 9 heteroatoms. The van der Waals surface area contributed by atoms with E-state index in [1.807, 2.05) is 20.1 Å². The van der Waals surface area contributed by atoms with Crippen LogP contribution < -0.4 is 11.1 Å². The molecule has 0 aliphatic heterocycles. The summed E-state index contributed by atoms with van der Waals surface area (Å²) < 4.78 is 26.1. The zero-order chi connectivity index (χ0) is 18.3. The molecule has 1 atom stereocenters. The second-order valence-electron chi connectivity index (χ2n) is 5.86. The Morgan fingerprint density at radius 3 is 2.32 bits per heavy atom. The molecule has 144 valence electrons. The van der Waals surface area contributed by atoms with Crippen LogP contribution in [0, 0.1) is 0 Å². The van der Waals surface area contributed by atoms with Gasteiger partial charge in [0.05, 0.1) is 10.9 Å². The summed E-state index contributed by atoms with van der Waals surface area (Å²) in [6.07, 6.45) is 2.60. The molecule has 3 N–H and O–H groups in total. The zero-order valence-corrected chi connectivity index (χ0v) is 17.5. The largest absolute Gasteiger partial charge is 0.351 e. The van der Waals surface area contributed by atoms with Crippen LogP contribution >= 0.6 is 24.2 Å². The van der Waals surface area contributed by atoms with Crippen molar-refractivity contribution in [3.05, 3.63) is 29.8 Å². The van der Waals surface area contributed by atoms with Crippen molar-refractivity contribution in [1.29, 1.82) is 0 Å². The van der Waals surface area contributed by atoms with Gasteiger partial charge in [-0.15, -0.1) is 12.4 Å². The predicted molar refractivity (Wildman–Crippen MR) is 107 cm³/mol. The molecule has 0 fully saturated rings. The number of halogens is 1. The van der Waals surface area contributed by atoms with Crippen LogP contribution in [0.25, 0.3) is 0 Å². The third kappa shape index (κ3) is 7.15. The van der Waals surface area contributed by atoms with E-state index >= 15 is 0 Å². The smallest absolute Gasteiger partial charge is 0.243 e. The van der Waals surface area contributed by atoms with Gasteiger partial charge in [-0.3, -0.25) is 4.79 Å². The Labute approximate surface area is 161 Å². The third-order valence-electron chi connectivity index (χ3n) is 3.76. The Morgan fingerprint density at radius 2 is 1.84 bits per heavy atom. The normalized spacial score (nSPS) is 12.8. The Kier molecular flexibility index (Phi) is 10.7. The third-order valence-corrected chi connectivity index (χ3v) is 6.46. The molecular formula is C16H28ClN3O3S2. The average Bonchev–Trinajstić information content (AvgIpc) is 2.56. The van der Waals surface area contributed by atoms with Crippen molar-refractivity contribution in [1.82, 2.24) is 9.62 Å². The Morgan fingerprint density at radius 1 is 1.28 bits per heavy atom. The number of nitrogens with one attached hydrogen (secondary N) is 1. The van der Waals surface area contributed by atoms with Gasteiger partial charge in [0.1, 0.15) is 0 Å². The second-order valence-corrected chi connectivity index (χ2v) is 8.85. The van der Waals surface area contributed by atoms with Crippen molar-refractivity contribution < 1.29 is 13.2 Å². The number of nitrogens with two attached hydrogens (primary N) is 1. The highest BCUT2D eigenvalue weighted by Gasteiger charge is 2.22. The highest BCUT2D eigenvalue weighted by atomic mass is 35.5.